The van der Waals surface area contributed by atoms with E-state index < -0.39 is 11.8 Å². The molecule has 0 aliphatic rings. The predicted molar refractivity (Wildman–Crippen MR) is 72.3 cm³/mol. The van der Waals surface area contributed by atoms with E-state index in [0.717, 1.165) is 11.1 Å². The minimum Gasteiger partial charge on any atom is -0.344 e. The van der Waals surface area contributed by atoms with Crippen molar-refractivity contribution >= 4 is 34.5 Å². The van der Waals surface area contributed by atoms with E-state index in [-0.39, 0.29) is 0 Å². The number of hydrogen-bond donors (Lipinski definition) is 2. The summed E-state index contributed by atoms with van der Waals surface area (Å²) in [6.45, 7) is 0.766. The van der Waals surface area contributed by atoms with Crippen molar-refractivity contribution < 1.29 is 9.59 Å². The molecule has 2 aromatic heterocycles. The van der Waals surface area contributed by atoms with Gasteiger partial charge in [0.25, 0.3) is 0 Å². The van der Waals surface area contributed by atoms with E-state index in [0.29, 0.717) is 13.1 Å². The molecular formula is C12H12N2O2S2. The summed E-state index contributed by atoms with van der Waals surface area (Å²) in [6.07, 6.45) is 0. The highest BCUT2D eigenvalue weighted by molar-refractivity contribution is 7.08. The highest BCUT2D eigenvalue weighted by Gasteiger charge is 2.12. The molecule has 0 aliphatic heterocycles. The Labute approximate surface area is 113 Å². The fourth-order valence-corrected chi connectivity index (χ4v) is 2.65. The zero-order chi connectivity index (χ0) is 12.8. The van der Waals surface area contributed by atoms with Gasteiger partial charge < -0.3 is 10.6 Å². The number of rotatable bonds is 4. The summed E-state index contributed by atoms with van der Waals surface area (Å²) in [6, 6.07) is 3.82. The minimum absolute atomic E-state index is 0.383. The predicted octanol–water partition coefficient (Wildman–Crippen LogP) is 1.74. The molecule has 0 fully saturated rings. The van der Waals surface area contributed by atoms with E-state index in [1.165, 1.54) is 0 Å². The SMILES string of the molecule is O=C(NCc1ccsc1)C(=O)NCc1ccsc1. The molecule has 0 aromatic carbocycles. The molecule has 0 aliphatic carbocycles. The van der Waals surface area contributed by atoms with Crippen LogP contribution in [0.4, 0.5) is 0 Å². The van der Waals surface area contributed by atoms with Crippen LogP contribution < -0.4 is 10.6 Å². The molecule has 0 radical (unpaired) electrons. The van der Waals surface area contributed by atoms with Crippen LogP contribution in [-0.4, -0.2) is 11.8 Å². The van der Waals surface area contributed by atoms with Crippen molar-refractivity contribution in [3.63, 3.8) is 0 Å². The van der Waals surface area contributed by atoms with E-state index in [9.17, 15) is 9.59 Å². The van der Waals surface area contributed by atoms with Crippen LogP contribution in [0.5, 0.6) is 0 Å². The Hall–Kier alpha value is -1.66. The zero-order valence-electron chi connectivity index (χ0n) is 9.51. The van der Waals surface area contributed by atoms with Gasteiger partial charge in [-0.1, -0.05) is 0 Å². The van der Waals surface area contributed by atoms with Crippen molar-refractivity contribution in [3.05, 3.63) is 44.8 Å². The fourth-order valence-electron chi connectivity index (χ4n) is 1.31. The van der Waals surface area contributed by atoms with Gasteiger partial charge in [0.05, 0.1) is 0 Å². The van der Waals surface area contributed by atoms with Crippen LogP contribution in [0.1, 0.15) is 11.1 Å². The van der Waals surface area contributed by atoms with Crippen molar-refractivity contribution in [1.29, 1.82) is 0 Å². The van der Waals surface area contributed by atoms with Crippen LogP contribution in [0.15, 0.2) is 33.7 Å². The van der Waals surface area contributed by atoms with Crippen molar-refractivity contribution in [1.82, 2.24) is 10.6 Å². The third kappa shape index (κ3) is 3.68. The number of nitrogens with one attached hydrogen (secondary N) is 2. The Morgan fingerprint density at radius 2 is 1.33 bits per heavy atom. The maximum atomic E-state index is 11.5. The second-order valence-electron chi connectivity index (χ2n) is 3.63. The second kappa shape index (κ2) is 6.32. The van der Waals surface area contributed by atoms with Crippen molar-refractivity contribution in [2.24, 2.45) is 0 Å². The lowest BCUT2D eigenvalue weighted by Gasteiger charge is -2.04. The molecule has 94 valence electrons. The molecular weight excluding hydrogens is 268 g/mol. The van der Waals surface area contributed by atoms with E-state index in [2.05, 4.69) is 10.6 Å². The average molecular weight is 280 g/mol. The summed E-state index contributed by atoms with van der Waals surface area (Å²) in [7, 11) is 0. The van der Waals surface area contributed by atoms with E-state index >= 15 is 0 Å². The molecule has 0 unspecified atom stereocenters. The quantitative estimate of drug-likeness (QED) is 0.838. The van der Waals surface area contributed by atoms with Crippen LogP contribution in [0, 0.1) is 0 Å². The van der Waals surface area contributed by atoms with Gasteiger partial charge in [-0.3, -0.25) is 9.59 Å². The maximum absolute atomic E-state index is 11.5. The monoisotopic (exact) mass is 280 g/mol. The van der Waals surface area contributed by atoms with E-state index in [1.54, 1.807) is 22.7 Å². The average Bonchev–Trinajstić information content (AvgIpc) is 3.05. The Balaban J connectivity index is 1.73. The smallest absolute Gasteiger partial charge is 0.309 e. The van der Waals surface area contributed by atoms with Crippen molar-refractivity contribution in [2.75, 3.05) is 0 Å². The van der Waals surface area contributed by atoms with Gasteiger partial charge in [-0.05, 0) is 44.8 Å². The molecule has 2 rings (SSSR count). The number of carbonyl (C=O) groups is 2. The topological polar surface area (TPSA) is 58.2 Å². The molecule has 0 saturated carbocycles. The fraction of sp³-hybridized carbons (Fsp3) is 0.167. The standard InChI is InChI=1S/C12H12N2O2S2/c15-11(13-5-9-1-3-17-7-9)12(16)14-6-10-2-4-18-8-10/h1-4,7-8H,5-6H2,(H,13,15)(H,14,16). The number of thiophene rings is 2. The van der Waals surface area contributed by atoms with E-state index in [4.69, 9.17) is 0 Å². The zero-order valence-corrected chi connectivity index (χ0v) is 11.1. The molecule has 2 aromatic rings. The van der Waals surface area contributed by atoms with Crippen molar-refractivity contribution in [2.45, 2.75) is 13.1 Å². The Morgan fingerprint density at radius 1 is 0.889 bits per heavy atom. The lowest BCUT2D eigenvalue weighted by Crippen LogP contribution is -2.39. The van der Waals surface area contributed by atoms with Gasteiger partial charge in [-0.15, -0.1) is 0 Å². The summed E-state index contributed by atoms with van der Waals surface area (Å²) in [5.41, 5.74) is 2.00. The molecule has 0 atom stereocenters. The first kappa shape index (κ1) is 12.8. The molecule has 0 spiro atoms. The van der Waals surface area contributed by atoms with Crippen LogP contribution in [0.2, 0.25) is 0 Å². The number of hydrogen-bond acceptors (Lipinski definition) is 4. The summed E-state index contributed by atoms with van der Waals surface area (Å²) in [5, 5.41) is 12.9. The largest absolute Gasteiger partial charge is 0.344 e. The van der Waals surface area contributed by atoms with E-state index in [1.807, 2.05) is 33.7 Å². The van der Waals surface area contributed by atoms with Gasteiger partial charge in [0, 0.05) is 13.1 Å². The second-order valence-corrected chi connectivity index (χ2v) is 5.19. The molecule has 0 saturated heterocycles. The summed E-state index contributed by atoms with van der Waals surface area (Å²) >= 11 is 3.11. The molecule has 2 N–H and O–H groups in total. The maximum Gasteiger partial charge on any atom is 0.309 e. The van der Waals surface area contributed by atoms with Crippen LogP contribution in [-0.2, 0) is 22.7 Å². The summed E-state index contributed by atoms with van der Waals surface area (Å²) < 4.78 is 0. The summed E-state index contributed by atoms with van der Waals surface area (Å²) in [4.78, 5) is 23.0. The van der Waals surface area contributed by atoms with Gasteiger partial charge in [0.1, 0.15) is 0 Å². The molecule has 18 heavy (non-hydrogen) atoms. The summed E-state index contributed by atoms with van der Waals surface area (Å²) in [5.74, 6) is -1.20. The van der Waals surface area contributed by atoms with Crippen molar-refractivity contribution in [3.8, 4) is 0 Å². The van der Waals surface area contributed by atoms with Gasteiger partial charge in [0.15, 0.2) is 0 Å². The van der Waals surface area contributed by atoms with Gasteiger partial charge in [0.2, 0.25) is 0 Å². The Bertz CT molecular complexity index is 458. The highest BCUT2D eigenvalue weighted by Crippen LogP contribution is 2.05. The third-order valence-corrected chi connectivity index (χ3v) is 3.74. The van der Waals surface area contributed by atoms with Gasteiger partial charge in [-0.25, -0.2) is 0 Å². The number of amides is 2. The molecule has 0 bridgehead atoms. The molecule has 2 amide bonds. The first-order valence-corrected chi connectivity index (χ1v) is 7.22. The third-order valence-electron chi connectivity index (χ3n) is 2.27. The molecule has 4 nitrogen and oxygen atoms in total. The Kier molecular flexibility index (Phi) is 4.49. The lowest BCUT2D eigenvalue weighted by molar-refractivity contribution is -0.139. The first-order valence-electron chi connectivity index (χ1n) is 5.34. The van der Waals surface area contributed by atoms with Crippen LogP contribution in [0.25, 0.3) is 0 Å². The highest BCUT2D eigenvalue weighted by atomic mass is 32.1. The van der Waals surface area contributed by atoms with Crippen LogP contribution >= 0.6 is 22.7 Å². The lowest BCUT2D eigenvalue weighted by atomic mass is 10.3. The Morgan fingerprint density at radius 3 is 1.67 bits per heavy atom. The normalized spacial score (nSPS) is 10.0. The molecule has 6 heteroatoms. The minimum atomic E-state index is -0.601. The molecule has 2 heterocycles. The van der Waals surface area contributed by atoms with Gasteiger partial charge >= 0.3 is 11.8 Å². The number of carbonyl (C=O) groups excluding carboxylic acids is 2. The van der Waals surface area contributed by atoms with Crippen LogP contribution in [0.3, 0.4) is 0 Å². The first-order chi connectivity index (χ1) is 8.75. The van der Waals surface area contributed by atoms with Gasteiger partial charge in [-0.2, -0.15) is 22.7 Å².